The van der Waals surface area contributed by atoms with Gasteiger partial charge in [0.1, 0.15) is 12.4 Å². The Morgan fingerprint density at radius 2 is 2.12 bits per heavy atom. The number of ether oxygens (including phenoxy) is 1. The number of hydrogen-bond donors (Lipinski definition) is 1. The van der Waals surface area contributed by atoms with Crippen LogP contribution in [0.4, 0.5) is 0 Å². The van der Waals surface area contributed by atoms with E-state index in [1.165, 1.54) is 4.90 Å². The first-order valence-corrected chi connectivity index (χ1v) is 9.22. The van der Waals surface area contributed by atoms with Crippen molar-refractivity contribution in [3.8, 4) is 5.75 Å². The van der Waals surface area contributed by atoms with Crippen LogP contribution in [0.3, 0.4) is 0 Å². The van der Waals surface area contributed by atoms with E-state index in [4.69, 9.17) is 16.3 Å². The average molecular weight is 358 g/mol. The molecule has 2 aromatic carbocycles. The number of halogens is 1. The van der Waals surface area contributed by atoms with Crippen LogP contribution in [0.15, 0.2) is 52.9 Å². The number of carbonyl (C=O) groups is 1. The van der Waals surface area contributed by atoms with Crippen LogP contribution in [-0.4, -0.2) is 18.3 Å². The molecular weight excluding hydrogens is 342 g/mol. The maximum Gasteiger partial charge on any atom is 0.251 e. The van der Waals surface area contributed by atoms with E-state index >= 15 is 0 Å². The molecule has 0 saturated carbocycles. The molecule has 0 aliphatic carbocycles. The Labute approximate surface area is 150 Å². The molecule has 2 aliphatic rings. The second-order valence-corrected chi connectivity index (χ2v) is 7.41. The number of hydrogen-bond acceptors (Lipinski definition) is 3. The molecule has 0 spiro atoms. The van der Waals surface area contributed by atoms with E-state index < -0.39 is 0 Å². The van der Waals surface area contributed by atoms with Crippen molar-refractivity contribution < 1.29 is 9.53 Å². The number of amides is 1. The lowest BCUT2D eigenvalue weighted by molar-refractivity contribution is -0.118. The summed E-state index contributed by atoms with van der Waals surface area (Å²) in [6.07, 6.45) is 2.80. The molecule has 1 amide bonds. The summed E-state index contributed by atoms with van der Waals surface area (Å²) in [4.78, 5) is 13.9. The molecule has 2 aromatic rings. The lowest BCUT2D eigenvalue weighted by atomic mass is 10.0. The summed E-state index contributed by atoms with van der Waals surface area (Å²) in [5, 5.41) is 3.84. The molecule has 0 fully saturated rings. The van der Waals surface area contributed by atoms with Gasteiger partial charge in [0.2, 0.25) is 0 Å². The highest BCUT2D eigenvalue weighted by Gasteiger charge is 2.25. The van der Waals surface area contributed by atoms with Gasteiger partial charge in [-0.25, -0.2) is 0 Å². The summed E-state index contributed by atoms with van der Waals surface area (Å²) in [5.41, 5.74) is 2.69. The molecule has 5 heteroatoms. The SMILES string of the molecule is O=C(NC1CCSc2ccc(Cl)cc21)C1=Cc2ccccc2OC1. The zero-order valence-electron chi connectivity index (χ0n) is 12.9. The van der Waals surface area contributed by atoms with Crippen LogP contribution in [0.5, 0.6) is 5.75 Å². The first-order valence-electron chi connectivity index (χ1n) is 7.86. The molecule has 0 saturated heterocycles. The summed E-state index contributed by atoms with van der Waals surface area (Å²) >= 11 is 7.94. The topological polar surface area (TPSA) is 38.3 Å². The zero-order valence-corrected chi connectivity index (χ0v) is 14.5. The van der Waals surface area contributed by atoms with Crippen molar-refractivity contribution in [3.63, 3.8) is 0 Å². The van der Waals surface area contributed by atoms with Crippen LogP contribution >= 0.6 is 23.4 Å². The van der Waals surface area contributed by atoms with Gasteiger partial charge in [-0.2, -0.15) is 0 Å². The van der Waals surface area contributed by atoms with Crippen LogP contribution < -0.4 is 10.1 Å². The summed E-state index contributed by atoms with van der Waals surface area (Å²) in [5.74, 6) is 1.73. The molecule has 3 nitrogen and oxygen atoms in total. The molecule has 1 N–H and O–H groups in total. The van der Waals surface area contributed by atoms with Gasteiger partial charge in [-0.3, -0.25) is 4.79 Å². The van der Waals surface area contributed by atoms with Crippen molar-refractivity contribution in [2.75, 3.05) is 12.4 Å². The standard InChI is InChI=1S/C19H16ClNO2S/c20-14-5-6-18-15(10-14)16(7-8-24-18)21-19(22)13-9-12-3-1-2-4-17(12)23-11-13/h1-6,9-10,16H,7-8,11H2,(H,21,22). The van der Waals surface area contributed by atoms with Gasteiger partial charge in [-0.1, -0.05) is 29.8 Å². The van der Waals surface area contributed by atoms with Crippen molar-refractivity contribution in [1.82, 2.24) is 5.32 Å². The average Bonchev–Trinajstić information content (AvgIpc) is 2.62. The molecule has 4 rings (SSSR count). The number of para-hydroxylation sites is 1. The van der Waals surface area contributed by atoms with E-state index in [-0.39, 0.29) is 11.9 Å². The minimum atomic E-state index is -0.0765. The smallest absolute Gasteiger partial charge is 0.251 e. The predicted molar refractivity (Wildman–Crippen MR) is 97.6 cm³/mol. The Morgan fingerprint density at radius 3 is 3.04 bits per heavy atom. The minimum Gasteiger partial charge on any atom is -0.488 e. The predicted octanol–water partition coefficient (Wildman–Crippen LogP) is 4.47. The van der Waals surface area contributed by atoms with Crippen LogP contribution in [0.25, 0.3) is 6.08 Å². The quantitative estimate of drug-likeness (QED) is 0.861. The van der Waals surface area contributed by atoms with Crippen LogP contribution in [0.1, 0.15) is 23.6 Å². The molecule has 122 valence electrons. The third-order valence-electron chi connectivity index (χ3n) is 4.24. The van der Waals surface area contributed by atoms with Gasteiger partial charge in [0, 0.05) is 21.2 Å². The fraction of sp³-hybridized carbons (Fsp3) is 0.211. The van der Waals surface area contributed by atoms with Gasteiger partial charge in [0.25, 0.3) is 5.91 Å². The highest BCUT2D eigenvalue weighted by molar-refractivity contribution is 7.99. The molecule has 1 atom stereocenters. The third-order valence-corrected chi connectivity index (χ3v) is 5.60. The van der Waals surface area contributed by atoms with E-state index in [1.54, 1.807) is 11.8 Å². The largest absolute Gasteiger partial charge is 0.488 e. The molecule has 2 heterocycles. The normalized spacial score (nSPS) is 18.7. The summed E-state index contributed by atoms with van der Waals surface area (Å²) < 4.78 is 5.68. The summed E-state index contributed by atoms with van der Waals surface area (Å²) in [6, 6.07) is 13.6. The third kappa shape index (κ3) is 3.04. The monoisotopic (exact) mass is 357 g/mol. The zero-order chi connectivity index (χ0) is 16.5. The van der Waals surface area contributed by atoms with Crippen molar-refractivity contribution in [1.29, 1.82) is 0 Å². The molecule has 0 aromatic heterocycles. The molecule has 24 heavy (non-hydrogen) atoms. The van der Waals surface area contributed by atoms with Crippen LogP contribution in [-0.2, 0) is 4.79 Å². The van der Waals surface area contributed by atoms with Gasteiger partial charge in [0.05, 0.1) is 11.6 Å². The van der Waals surface area contributed by atoms with E-state index in [1.807, 2.05) is 48.5 Å². The van der Waals surface area contributed by atoms with Gasteiger partial charge < -0.3 is 10.1 Å². The molecule has 2 aliphatic heterocycles. The fourth-order valence-corrected chi connectivity index (χ4v) is 4.30. The Balaban J connectivity index is 1.56. The van der Waals surface area contributed by atoms with Crippen LogP contribution in [0, 0.1) is 0 Å². The first kappa shape index (κ1) is 15.6. The van der Waals surface area contributed by atoms with Crippen molar-refractivity contribution in [2.45, 2.75) is 17.4 Å². The number of thioether (sulfide) groups is 1. The van der Waals surface area contributed by atoms with Gasteiger partial charge in [-0.15, -0.1) is 11.8 Å². The molecule has 0 bridgehead atoms. The first-order chi connectivity index (χ1) is 11.7. The van der Waals surface area contributed by atoms with E-state index in [0.717, 1.165) is 29.1 Å². The second kappa shape index (κ2) is 6.54. The Bertz CT molecular complexity index is 834. The van der Waals surface area contributed by atoms with E-state index in [0.29, 0.717) is 17.2 Å². The van der Waals surface area contributed by atoms with Crippen molar-refractivity contribution in [3.05, 3.63) is 64.2 Å². The lowest BCUT2D eigenvalue weighted by Gasteiger charge is -2.27. The Hall–Kier alpha value is -1.91. The highest BCUT2D eigenvalue weighted by Crippen LogP contribution is 2.37. The number of benzene rings is 2. The number of rotatable bonds is 2. The maximum absolute atomic E-state index is 12.7. The summed E-state index contributed by atoms with van der Waals surface area (Å²) in [7, 11) is 0. The highest BCUT2D eigenvalue weighted by atomic mass is 35.5. The minimum absolute atomic E-state index is 0.00878. The van der Waals surface area contributed by atoms with Crippen molar-refractivity contribution >= 4 is 35.3 Å². The Kier molecular flexibility index (Phi) is 4.25. The van der Waals surface area contributed by atoms with E-state index in [9.17, 15) is 4.79 Å². The van der Waals surface area contributed by atoms with Gasteiger partial charge in [-0.05, 0) is 42.3 Å². The van der Waals surface area contributed by atoms with Crippen LogP contribution in [0.2, 0.25) is 5.02 Å². The number of fused-ring (bicyclic) bond motifs is 2. The summed E-state index contributed by atoms with van der Waals surface area (Å²) in [6.45, 7) is 0.298. The van der Waals surface area contributed by atoms with Gasteiger partial charge >= 0.3 is 0 Å². The molecule has 1 unspecified atom stereocenters. The molecule has 0 radical (unpaired) electrons. The maximum atomic E-state index is 12.7. The lowest BCUT2D eigenvalue weighted by Crippen LogP contribution is -2.33. The number of carbonyl (C=O) groups excluding carboxylic acids is 1. The van der Waals surface area contributed by atoms with E-state index in [2.05, 4.69) is 5.32 Å². The van der Waals surface area contributed by atoms with Crippen molar-refractivity contribution in [2.24, 2.45) is 0 Å². The van der Waals surface area contributed by atoms with Gasteiger partial charge in [0.15, 0.2) is 0 Å². The fourth-order valence-electron chi connectivity index (χ4n) is 3.01. The molecular formula is C19H16ClNO2S. The Morgan fingerprint density at radius 1 is 1.25 bits per heavy atom. The second-order valence-electron chi connectivity index (χ2n) is 5.84. The number of nitrogens with one attached hydrogen (secondary N) is 1.